The standard InChI is InChI=1S/C9H11ClN4O/c1-13-2-3-14(6-9(13)15)8-5-11-4-7(10)12-8/h4-5H,2-3,6H2,1H3. The molecule has 0 aliphatic carbocycles. The molecular formula is C9H11ClN4O. The Morgan fingerprint density at radius 3 is 2.87 bits per heavy atom. The van der Waals surface area contributed by atoms with Gasteiger partial charge in [0, 0.05) is 20.1 Å². The first kappa shape index (κ1) is 10.2. The van der Waals surface area contributed by atoms with E-state index in [0.29, 0.717) is 24.1 Å². The molecule has 6 heteroatoms. The summed E-state index contributed by atoms with van der Waals surface area (Å²) in [4.78, 5) is 23.1. The fraction of sp³-hybridized carbons (Fsp3) is 0.444. The molecule has 0 N–H and O–H groups in total. The lowest BCUT2D eigenvalue weighted by atomic mass is 10.3. The highest BCUT2D eigenvalue weighted by atomic mass is 35.5. The topological polar surface area (TPSA) is 49.3 Å². The highest BCUT2D eigenvalue weighted by Crippen LogP contribution is 2.14. The first-order chi connectivity index (χ1) is 7.16. The Morgan fingerprint density at radius 1 is 1.40 bits per heavy atom. The number of halogens is 1. The van der Waals surface area contributed by atoms with Gasteiger partial charge in [0.25, 0.3) is 0 Å². The number of carbonyl (C=O) groups is 1. The maximum Gasteiger partial charge on any atom is 0.241 e. The van der Waals surface area contributed by atoms with Gasteiger partial charge >= 0.3 is 0 Å². The summed E-state index contributed by atoms with van der Waals surface area (Å²) in [6, 6.07) is 0. The third kappa shape index (κ3) is 2.18. The fourth-order valence-corrected chi connectivity index (χ4v) is 1.58. The molecule has 0 saturated carbocycles. The van der Waals surface area contributed by atoms with E-state index < -0.39 is 0 Å². The lowest BCUT2D eigenvalue weighted by Crippen LogP contribution is -2.48. The first-order valence-electron chi connectivity index (χ1n) is 4.63. The number of rotatable bonds is 1. The van der Waals surface area contributed by atoms with E-state index in [-0.39, 0.29) is 5.91 Å². The summed E-state index contributed by atoms with van der Waals surface area (Å²) in [5.41, 5.74) is 0. The van der Waals surface area contributed by atoms with Gasteiger partial charge in [0.05, 0.1) is 18.9 Å². The van der Waals surface area contributed by atoms with Crippen LogP contribution in [0.5, 0.6) is 0 Å². The highest BCUT2D eigenvalue weighted by molar-refractivity contribution is 6.29. The molecule has 0 bridgehead atoms. The minimum Gasteiger partial charge on any atom is -0.344 e. The SMILES string of the molecule is CN1CCN(c2cncc(Cl)n2)CC1=O. The molecule has 5 nitrogen and oxygen atoms in total. The molecule has 1 fully saturated rings. The number of carbonyl (C=O) groups excluding carboxylic acids is 1. The van der Waals surface area contributed by atoms with E-state index in [1.807, 2.05) is 4.90 Å². The molecule has 15 heavy (non-hydrogen) atoms. The van der Waals surface area contributed by atoms with Crippen LogP contribution in [0.15, 0.2) is 12.4 Å². The monoisotopic (exact) mass is 226 g/mol. The van der Waals surface area contributed by atoms with Crippen molar-refractivity contribution in [3.8, 4) is 0 Å². The molecule has 2 heterocycles. The lowest BCUT2D eigenvalue weighted by molar-refractivity contribution is -0.129. The first-order valence-corrected chi connectivity index (χ1v) is 5.01. The van der Waals surface area contributed by atoms with Crippen molar-refractivity contribution >= 4 is 23.3 Å². The van der Waals surface area contributed by atoms with E-state index >= 15 is 0 Å². The summed E-state index contributed by atoms with van der Waals surface area (Å²) in [5.74, 6) is 0.743. The largest absolute Gasteiger partial charge is 0.344 e. The van der Waals surface area contributed by atoms with Crippen molar-refractivity contribution in [1.82, 2.24) is 14.9 Å². The van der Waals surface area contributed by atoms with Gasteiger partial charge in [-0.2, -0.15) is 0 Å². The van der Waals surface area contributed by atoms with Crippen molar-refractivity contribution < 1.29 is 4.79 Å². The Labute approximate surface area is 92.7 Å². The van der Waals surface area contributed by atoms with Crippen LogP contribution in [0.3, 0.4) is 0 Å². The molecular weight excluding hydrogens is 216 g/mol. The molecule has 1 amide bonds. The average Bonchev–Trinajstić information content (AvgIpc) is 2.22. The van der Waals surface area contributed by atoms with E-state index in [4.69, 9.17) is 11.6 Å². The van der Waals surface area contributed by atoms with Crippen LogP contribution < -0.4 is 4.90 Å². The van der Waals surface area contributed by atoms with Crippen molar-refractivity contribution in [3.63, 3.8) is 0 Å². The second-order valence-electron chi connectivity index (χ2n) is 3.44. The number of aromatic nitrogens is 2. The van der Waals surface area contributed by atoms with Crippen LogP contribution in [-0.2, 0) is 4.79 Å². The number of hydrogen-bond acceptors (Lipinski definition) is 4. The van der Waals surface area contributed by atoms with Gasteiger partial charge in [-0.3, -0.25) is 9.78 Å². The number of amides is 1. The maximum atomic E-state index is 11.5. The fourth-order valence-electron chi connectivity index (χ4n) is 1.44. The number of piperazine rings is 1. The highest BCUT2D eigenvalue weighted by Gasteiger charge is 2.22. The Balaban J connectivity index is 2.15. The number of hydrogen-bond donors (Lipinski definition) is 0. The van der Waals surface area contributed by atoms with Gasteiger partial charge in [-0.1, -0.05) is 11.6 Å². The summed E-state index contributed by atoms with van der Waals surface area (Å²) in [5, 5.41) is 0.346. The summed E-state index contributed by atoms with van der Waals surface area (Å²) in [6.45, 7) is 1.80. The molecule has 1 aliphatic heterocycles. The Hall–Kier alpha value is -1.36. The van der Waals surface area contributed by atoms with E-state index in [1.165, 1.54) is 6.20 Å². The molecule has 0 unspecified atom stereocenters. The predicted octanol–water partition coefficient (Wildman–Crippen LogP) is 0.408. The van der Waals surface area contributed by atoms with E-state index in [1.54, 1.807) is 18.1 Å². The van der Waals surface area contributed by atoms with Crippen molar-refractivity contribution in [2.75, 3.05) is 31.6 Å². The van der Waals surface area contributed by atoms with Gasteiger partial charge in [-0.25, -0.2) is 4.98 Å². The predicted molar refractivity (Wildman–Crippen MR) is 56.9 cm³/mol. The Kier molecular flexibility index (Phi) is 2.73. The molecule has 2 rings (SSSR count). The van der Waals surface area contributed by atoms with Gasteiger partial charge < -0.3 is 9.80 Å². The zero-order valence-corrected chi connectivity index (χ0v) is 9.11. The molecule has 80 valence electrons. The summed E-state index contributed by atoms with van der Waals surface area (Å²) < 4.78 is 0. The normalized spacial score (nSPS) is 17.1. The van der Waals surface area contributed by atoms with Crippen LogP contribution >= 0.6 is 11.6 Å². The molecule has 1 aliphatic rings. The van der Waals surface area contributed by atoms with Crippen molar-refractivity contribution in [2.24, 2.45) is 0 Å². The van der Waals surface area contributed by atoms with Crippen LogP contribution in [-0.4, -0.2) is 47.5 Å². The Morgan fingerprint density at radius 2 is 2.20 bits per heavy atom. The molecule has 0 spiro atoms. The smallest absolute Gasteiger partial charge is 0.241 e. The second kappa shape index (κ2) is 4.02. The Bertz CT molecular complexity index is 384. The van der Waals surface area contributed by atoms with Gasteiger partial charge in [0.2, 0.25) is 5.91 Å². The summed E-state index contributed by atoms with van der Waals surface area (Å²) >= 11 is 5.73. The zero-order valence-electron chi connectivity index (χ0n) is 8.35. The number of likely N-dealkylation sites (N-methyl/N-ethyl adjacent to an activating group) is 1. The molecule has 1 aromatic rings. The van der Waals surface area contributed by atoms with Crippen LogP contribution in [0.4, 0.5) is 5.82 Å². The van der Waals surface area contributed by atoms with Crippen molar-refractivity contribution in [1.29, 1.82) is 0 Å². The molecule has 1 aromatic heterocycles. The lowest BCUT2D eigenvalue weighted by Gasteiger charge is -2.32. The third-order valence-electron chi connectivity index (χ3n) is 2.37. The molecule has 0 radical (unpaired) electrons. The van der Waals surface area contributed by atoms with Crippen molar-refractivity contribution in [3.05, 3.63) is 17.5 Å². The van der Waals surface area contributed by atoms with Crippen LogP contribution in [0, 0.1) is 0 Å². The maximum absolute atomic E-state index is 11.5. The minimum atomic E-state index is 0.0861. The second-order valence-corrected chi connectivity index (χ2v) is 3.82. The van der Waals surface area contributed by atoms with E-state index in [0.717, 1.165) is 6.54 Å². The van der Waals surface area contributed by atoms with E-state index in [9.17, 15) is 4.79 Å². The van der Waals surface area contributed by atoms with Gasteiger partial charge in [-0.15, -0.1) is 0 Å². The van der Waals surface area contributed by atoms with Crippen LogP contribution in [0.25, 0.3) is 0 Å². The van der Waals surface area contributed by atoms with Crippen LogP contribution in [0.1, 0.15) is 0 Å². The van der Waals surface area contributed by atoms with Crippen molar-refractivity contribution in [2.45, 2.75) is 0 Å². The minimum absolute atomic E-state index is 0.0861. The summed E-state index contributed by atoms with van der Waals surface area (Å²) in [6.07, 6.45) is 3.09. The van der Waals surface area contributed by atoms with Gasteiger partial charge in [0.1, 0.15) is 11.0 Å². The third-order valence-corrected chi connectivity index (χ3v) is 2.56. The quantitative estimate of drug-likeness (QED) is 0.696. The average molecular weight is 227 g/mol. The number of anilines is 1. The van der Waals surface area contributed by atoms with Crippen LogP contribution in [0.2, 0.25) is 5.15 Å². The van der Waals surface area contributed by atoms with Gasteiger partial charge in [0.15, 0.2) is 0 Å². The summed E-state index contributed by atoms with van der Waals surface area (Å²) in [7, 11) is 1.79. The van der Waals surface area contributed by atoms with E-state index in [2.05, 4.69) is 9.97 Å². The zero-order chi connectivity index (χ0) is 10.8. The molecule has 1 saturated heterocycles. The number of nitrogens with zero attached hydrogens (tertiary/aromatic N) is 4. The molecule has 0 atom stereocenters. The molecule has 0 aromatic carbocycles. The van der Waals surface area contributed by atoms with Gasteiger partial charge in [-0.05, 0) is 0 Å².